The first kappa shape index (κ1) is 21.3. The van der Waals surface area contributed by atoms with Crippen LogP contribution in [0.2, 0.25) is 0 Å². The molecule has 3 N–H and O–H groups in total. The predicted molar refractivity (Wildman–Crippen MR) is 134 cm³/mol. The third-order valence-corrected chi connectivity index (χ3v) is 6.61. The first-order valence-electron chi connectivity index (χ1n) is 11.7. The summed E-state index contributed by atoms with van der Waals surface area (Å²) in [5, 5.41) is 8.88. The van der Waals surface area contributed by atoms with E-state index in [2.05, 4.69) is 26.3 Å². The summed E-state index contributed by atoms with van der Waals surface area (Å²) in [6.07, 6.45) is 4.11. The van der Waals surface area contributed by atoms with Gasteiger partial charge in [-0.25, -0.2) is 14.6 Å². The number of hydrogen-bond donors (Lipinski definition) is 2. The molecule has 0 bridgehead atoms. The predicted octanol–water partition coefficient (Wildman–Crippen LogP) is 5.26. The highest BCUT2D eigenvalue weighted by molar-refractivity contribution is 5.98. The number of nitrogen functional groups attached to an aromatic ring is 1. The van der Waals surface area contributed by atoms with E-state index in [1.165, 1.54) is 6.33 Å². The molecule has 0 amide bonds. The zero-order valence-electron chi connectivity index (χ0n) is 19.6. The van der Waals surface area contributed by atoms with E-state index < -0.39 is 0 Å². The lowest BCUT2D eigenvalue weighted by Crippen LogP contribution is -2.19. The molecule has 0 saturated heterocycles. The van der Waals surface area contributed by atoms with Crippen molar-refractivity contribution < 1.29 is 9.21 Å². The number of rotatable bonds is 4. The van der Waals surface area contributed by atoms with Crippen LogP contribution in [0.15, 0.2) is 47.1 Å². The SMILES string of the molecule is Cc1cc(C)c2oc(Nc3ccc(-c4nn(C5CCC(=O)CC5)c5ncnc(N)c45)cc3)nc2c1. The van der Waals surface area contributed by atoms with E-state index in [0.29, 0.717) is 36.1 Å². The Morgan fingerprint density at radius 3 is 2.63 bits per heavy atom. The van der Waals surface area contributed by atoms with Crippen LogP contribution in [0.25, 0.3) is 33.4 Å². The lowest BCUT2D eigenvalue weighted by atomic mass is 9.94. The van der Waals surface area contributed by atoms with E-state index in [1.807, 2.05) is 48.9 Å². The van der Waals surface area contributed by atoms with Crippen LogP contribution in [0.5, 0.6) is 0 Å². The number of aromatic nitrogens is 5. The van der Waals surface area contributed by atoms with Crippen LogP contribution < -0.4 is 11.1 Å². The maximum Gasteiger partial charge on any atom is 0.300 e. The van der Waals surface area contributed by atoms with Crippen LogP contribution in [0.3, 0.4) is 0 Å². The van der Waals surface area contributed by atoms with Crippen LogP contribution in [-0.2, 0) is 4.79 Å². The first-order valence-corrected chi connectivity index (χ1v) is 11.7. The van der Waals surface area contributed by atoms with Gasteiger partial charge in [0.05, 0.1) is 11.4 Å². The van der Waals surface area contributed by atoms with E-state index in [0.717, 1.165) is 57.4 Å². The van der Waals surface area contributed by atoms with Crippen molar-refractivity contribution in [3.8, 4) is 11.3 Å². The number of fused-ring (bicyclic) bond motifs is 2. The van der Waals surface area contributed by atoms with E-state index in [4.69, 9.17) is 15.2 Å². The number of nitrogens with two attached hydrogens (primary N) is 1. The molecule has 9 nitrogen and oxygen atoms in total. The summed E-state index contributed by atoms with van der Waals surface area (Å²) in [5.74, 6) is 0.696. The normalized spacial score (nSPS) is 14.7. The van der Waals surface area contributed by atoms with Gasteiger partial charge in [-0.2, -0.15) is 10.1 Å². The summed E-state index contributed by atoms with van der Waals surface area (Å²) in [6, 6.07) is 12.5. The molecule has 3 aromatic heterocycles. The molecule has 176 valence electrons. The Morgan fingerprint density at radius 1 is 1.09 bits per heavy atom. The number of ketones is 1. The molecule has 2 aromatic carbocycles. The van der Waals surface area contributed by atoms with Gasteiger partial charge in [0.1, 0.15) is 29.1 Å². The molecule has 1 saturated carbocycles. The fraction of sp³-hybridized carbons (Fsp3) is 0.269. The molecule has 0 unspecified atom stereocenters. The topological polar surface area (TPSA) is 125 Å². The second-order valence-electron chi connectivity index (χ2n) is 9.17. The van der Waals surface area contributed by atoms with Crippen molar-refractivity contribution in [2.45, 2.75) is 45.6 Å². The highest BCUT2D eigenvalue weighted by Crippen LogP contribution is 2.36. The summed E-state index contributed by atoms with van der Waals surface area (Å²) in [5.41, 5.74) is 13.3. The van der Waals surface area contributed by atoms with Crippen LogP contribution in [0.4, 0.5) is 17.5 Å². The Labute approximate surface area is 201 Å². The molecule has 1 fully saturated rings. The highest BCUT2D eigenvalue weighted by Gasteiger charge is 2.26. The Kier molecular flexibility index (Phi) is 4.98. The van der Waals surface area contributed by atoms with Crippen molar-refractivity contribution in [2.75, 3.05) is 11.1 Å². The number of carbonyl (C=O) groups excluding carboxylic acids is 1. The van der Waals surface area contributed by atoms with Crippen molar-refractivity contribution in [1.29, 1.82) is 0 Å². The molecular formula is C26H25N7O2. The number of hydrogen-bond acceptors (Lipinski definition) is 8. The number of nitrogens with one attached hydrogen (secondary N) is 1. The summed E-state index contributed by atoms with van der Waals surface area (Å²) in [7, 11) is 0. The van der Waals surface area contributed by atoms with Crippen LogP contribution >= 0.6 is 0 Å². The summed E-state index contributed by atoms with van der Waals surface area (Å²) in [4.78, 5) is 25.0. The Bertz CT molecular complexity index is 1570. The van der Waals surface area contributed by atoms with Gasteiger partial charge in [-0.1, -0.05) is 18.2 Å². The minimum Gasteiger partial charge on any atom is -0.423 e. The Balaban J connectivity index is 1.33. The second-order valence-corrected chi connectivity index (χ2v) is 9.17. The monoisotopic (exact) mass is 467 g/mol. The molecular weight excluding hydrogens is 442 g/mol. The van der Waals surface area contributed by atoms with Gasteiger partial charge in [-0.15, -0.1) is 0 Å². The van der Waals surface area contributed by atoms with Gasteiger partial charge in [0.15, 0.2) is 11.2 Å². The number of carbonyl (C=O) groups is 1. The Morgan fingerprint density at radius 2 is 1.86 bits per heavy atom. The smallest absolute Gasteiger partial charge is 0.300 e. The third-order valence-electron chi connectivity index (χ3n) is 6.61. The molecule has 35 heavy (non-hydrogen) atoms. The molecule has 0 atom stereocenters. The molecule has 0 spiro atoms. The lowest BCUT2D eigenvalue weighted by Gasteiger charge is -2.21. The fourth-order valence-electron chi connectivity index (χ4n) is 4.89. The zero-order valence-corrected chi connectivity index (χ0v) is 19.6. The average molecular weight is 468 g/mol. The van der Waals surface area contributed by atoms with E-state index in [9.17, 15) is 4.79 Å². The maximum absolute atomic E-state index is 11.7. The number of anilines is 3. The fourth-order valence-corrected chi connectivity index (χ4v) is 4.89. The molecule has 6 rings (SSSR count). The summed E-state index contributed by atoms with van der Waals surface area (Å²) >= 11 is 0. The molecule has 1 aliphatic carbocycles. The van der Waals surface area contributed by atoms with Crippen LogP contribution in [0.1, 0.15) is 42.9 Å². The molecule has 9 heteroatoms. The lowest BCUT2D eigenvalue weighted by molar-refractivity contribution is -0.120. The second kappa shape index (κ2) is 8.19. The van der Waals surface area contributed by atoms with Crippen molar-refractivity contribution in [1.82, 2.24) is 24.7 Å². The van der Waals surface area contributed by atoms with Crippen molar-refractivity contribution in [3.63, 3.8) is 0 Å². The number of Topliss-reactive ketones (excluding diaryl/α,β-unsaturated/α-hetero) is 1. The minimum absolute atomic E-state index is 0.116. The number of nitrogens with zero attached hydrogens (tertiary/aromatic N) is 5. The Hall–Kier alpha value is -4.27. The number of benzene rings is 2. The molecule has 1 aliphatic rings. The zero-order chi connectivity index (χ0) is 24.1. The molecule has 0 radical (unpaired) electrons. The quantitative estimate of drug-likeness (QED) is 0.367. The van der Waals surface area contributed by atoms with Gasteiger partial charge in [-0.3, -0.25) is 4.79 Å². The summed E-state index contributed by atoms with van der Waals surface area (Å²) in [6.45, 7) is 4.06. The van der Waals surface area contributed by atoms with E-state index in [-0.39, 0.29) is 6.04 Å². The standard InChI is InChI=1S/C26H25N7O2/c1-14-11-15(2)23-20(12-14)31-26(35-23)30-17-5-3-16(4-6-17)22-21-24(27)28-13-29-25(21)33(32-22)18-7-9-19(34)10-8-18/h3-6,11-13,18H,7-10H2,1-2H3,(H,30,31)(H2,27,28,29). The number of oxazole rings is 1. The molecule has 3 heterocycles. The van der Waals surface area contributed by atoms with Crippen molar-refractivity contribution in [2.24, 2.45) is 0 Å². The van der Waals surface area contributed by atoms with E-state index in [1.54, 1.807) is 0 Å². The van der Waals surface area contributed by atoms with Gasteiger partial charge in [0, 0.05) is 24.1 Å². The molecule has 5 aromatic rings. The van der Waals surface area contributed by atoms with Gasteiger partial charge in [0.25, 0.3) is 6.01 Å². The van der Waals surface area contributed by atoms with Gasteiger partial charge in [-0.05, 0) is 56.0 Å². The van der Waals surface area contributed by atoms with Crippen LogP contribution in [-0.4, -0.2) is 30.5 Å². The van der Waals surface area contributed by atoms with Crippen molar-refractivity contribution in [3.05, 3.63) is 53.9 Å². The van der Waals surface area contributed by atoms with Gasteiger partial charge in [0.2, 0.25) is 0 Å². The van der Waals surface area contributed by atoms with Gasteiger partial charge >= 0.3 is 0 Å². The minimum atomic E-state index is 0.116. The number of aryl methyl sites for hydroxylation is 2. The molecule has 0 aliphatic heterocycles. The first-order chi connectivity index (χ1) is 17.0. The van der Waals surface area contributed by atoms with Gasteiger partial charge < -0.3 is 15.5 Å². The summed E-state index contributed by atoms with van der Waals surface area (Å²) < 4.78 is 7.85. The van der Waals surface area contributed by atoms with Crippen LogP contribution in [0, 0.1) is 13.8 Å². The van der Waals surface area contributed by atoms with E-state index >= 15 is 0 Å². The third kappa shape index (κ3) is 3.78. The average Bonchev–Trinajstić information content (AvgIpc) is 3.43. The maximum atomic E-state index is 11.7. The highest BCUT2D eigenvalue weighted by atomic mass is 16.4. The van der Waals surface area contributed by atoms with Crippen molar-refractivity contribution >= 4 is 45.4 Å². The largest absolute Gasteiger partial charge is 0.423 e.